The second kappa shape index (κ2) is 5.56. The third kappa shape index (κ3) is 3.23. The van der Waals surface area contributed by atoms with Crippen LogP contribution in [0.2, 0.25) is 0 Å². The molecular weight excluding hydrogens is 233 g/mol. The van der Waals surface area contributed by atoms with Crippen LogP contribution in [0.5, 0.6) is 0 Å². The van der Waals surface area contributed by atoms with Crippen LogP contribution in [0.1, 0.15) is 26.7 Å². The fourth-order valence-electron chi connectivity index (χ4n) is 1.85. The maximum Gasteiger partial charge on any atom is 0.333 e. The Morgan fingerprint density at radius 1 is 1.24 bits per heavy atom. The van der Waals surface area contributed by atoms with Crippen molar-refractivity contribution in [2.45, 2.75) is 51.3 Å². The standard InChI is InChI=1S/C12H17F3O2/c1-6(2)12(16)17-9-5-4-8(13)10(14)7(3)11(9)15/h7-11H,1,4-5H2,2-3H3. The number of esters is 1. The molecular formula is C12H17F3O2. The van der Waals surface area contributed by atoms with Crippen molar-refractivity contribution >= 4 is 5.97 Å². The lowest BCUT2D eigenvalue weighted by molar-refractivity contribution is -0.149. The highest BCUT2D eigenvalue weighted by atomic mass is 19.2. The Hall–Kier alpha value is -1.00. The summed E-state index contributed by atoms with van der Waals surface area (Å²) in [6.45, 7) is 6.10. The van der Waals surface area contributed by atoms with Gasteiger partial charge in [0.1, 0.15) is 24.6 Å². The molecule has 0 amide bonds. The van der Waals surface area contributed by atoms with Crippen LogP contribution in [0, 0.1) is 5.92 Å². The van der Waals surface area contributed by atoms with E-state index in [2.05, 4.69) is 6.58 Å². The second-order valence-electron chi connectivity index (χ2n) is 4.57. The topological polar surface area (TPSA) is 26.3 Å². The average Bonchev–Trinajstić information content (AvgIpc) is 2.36. The molecule has 5 heteroatoms. The number of carbonyl (C=O) groups excluding carboxylic acids is 1. The number of hydrogen-bond donors (Lipinski definition) is 0. The molecule has 5 atom stereocenters. The van der Waals surface area contributed by atoms with Crippen molar-refractivity contribution in [3.8, 4) is 0 Å². The summed E-state index contributed by atoms with van der Waals surface area (Å²) in [5, 5.41) is 0. The summed E-state index contributed by atoms with van der Waals surface area (Å²) in [6, 6.07) is 0. The Morgan fingerprint density at radius 3 is 2.35 bits per heavy atom. The molecule has 2 nitrogen and oxygen atoms in total. The largest absolute Gasteiger partial charge is 0.456 e. The van der Waals surface area contributed by atoms with E-state index in [4.69, 9.17) is 4.74 Å². The van der Waals surface area contributed by atoms with E-state index < -0.39 is 36.5 Å². The molecule has 0 spiro atoms. The Bertz CT molecular complexity index is 306. The smallest absolute Gasteiger partial charge is 0.333 e. The van der Waals surface area contributed by atoms with Crippen LogP contribution in [0.3, 0.4) is 0 Å². The summed E-state index contributed by atoms with van der Waals surface area (Å²) in [5.74, 6) is -1.84. The van der Waals surface area contributed by atoms with Crippen LogP contribution < -0.4 is 0 Å². The maximum absolute atomic E-state index is 13.8. The van der Waals surface area contributed by atoms with E-state index in [9.17, 15) is 18.0 Å². The predicted octanol–water partition coefficient (Wildman–Crippen LogP) is 2.92. The molecule has 98 valence electrons. The first kappa shape index (κ1) is 14.1. The lowest BCUT2D eigenvalue weighted by Gasteiger charge is -2.24. The van der Waals surface area contributed by atoms with Crippen LogP contribution in [0.15, 0.2) is 12.2 Å². The van der Waals surface area contributed by atoms with Gasteiger partial charge in [-0.1, -0.05) is 13.5 Å². The lowest BCUT2D eigenvalue weighted by Crippen LogP contribution is -2.35. The number of ether oxygens (including phenoxy) is 1. The highest BCUT2D eigenvalue weighted by Gasteiger charge is 2.42. The van der Waals surface area contributed by atoms with E-state index in [1.54, 1.807) is 0 Å². The van der Waals surface area contributed by atoms with Gasteiger partial charge in [-0.3, -0.25) is 0 Å². The zero-order chi connectivity index (χ0) is 13.2. The quantitative estimate of drug-likeness (QED) is 0.428. The fraction of sp³-hybridized carbons (Fsp3) is 0.750. The highest BCUT2D eigenvalue weighted by Crippen LogP contribution is 2.32. The van der Waals surface area contributed by atoms with Gasteiger partial charge in [-0.05, 0) is 19.8 Å². The van der Waals surface area contributed by atoms with Crippen molar-refractivity contribution in [1.82, 2.24) is 0 Å². The minimum absolute atomic E-state index is 0.00782. The summed E-state index contributed by atoms with van der Waals surface area (Å²) in [6.07, 6.45) is -6.47. The van der Waals surface area contributed by atoms with Crippen molar-refractivity contribution in [2.75, 3.05) is 0 Å². The fourth-order valence-corrected chi connectivity index (χ4v) is 1.85. The molecule has 0 aromatic carbocycles. The van der Waals surface area contributed by atoms with E-state index in [1.165, 1.54) is 13.8 Å². The van der Waals surface area contributed by atoms with Crippen LogP contribution in [0.25, 0.3) is 0 Å². The molecule has 17 heavy (non-hydrogen) atoms. The Labute approximate surface area is 98.8 Å². The molecule has 1 rings (SSSR count). The Morgan fingerprint density at radius 2 is 1.82 bits per heavy atom. The summed E-state index contributed by atoms with van der Waals surface area (Å²) < 4.78 is 45.3. The molecule has 1 fully saturated rings. The second-order valence-corrected chi connectivity index (χ2v) is 4.57. The highest BCUT2D eigenvalue weighted by molar-refractivity contribution is 5.87. The van der Waals surface area contributed by atoms with Gasteiger partial charge >= 0.3 is 5.97 Å². The summed E-state index contributed by atoms with van der Waals surface area (Å²) in [4.78, 5) is 11.3. The number of hydrogen-bond acceptors (Lipinski definition) is 2. The monoisotopic (exact) mass is 250 g/mol. The van der Waals surface area contributed by atoms with Gasteiger partial charge in [-0.25, -0.2) is 18.0 Å². The van der Waals surface area contributed by atoms with Crippen molar-refractivity contribution < 1.29 is 22.7 Å². The number of carbonyl (C=O) groups is 1. The van der Waals surface area contributed by atoms with Gasteiger partial charge in [0.15, 0.2) is 0 Å². The van der Waals surface area contributed by atoms with Gasteiger partial charge in [-0.2, -0.15) is 0 Å². The first-order valence-corrected chi connectivity index (χ1v) is 5.63. The van der Waals surface area contributed by atoms with Crippen molar-refractivity contribution in [3.05, 3.63) is 12.2 Å². The zero-order valence-electron chi connectivity index (χ0n) is 9.96. The molecule has 0 aromatic heterocycles. The van der Waals surface area contributed by atoms with Crippen LogP contribution >= 0.6 is 0 Å². The minimum atomic E-state index is -1.85. The summed E-state index contributed by atoms with van der Waals surface area (Å²) in [5.41, 5.74) is 0.141. The molecule has 0 heterocycles. The normalized spacial score (nSPS) is 38.3. The van der Waals surface area contributed by atoms with E-state index >= 15 is 0 Å². The Kier molecular flexibility index (Phi) is 4.60. The molecule has 0 bridgehead atoms. The first-order chi connectivity index (χ1) is 7.84. The summed E-state index contributed by atoms with van der Waals surface area (Å²) in [7, 11) is 0. The minimum Gasteiger partial charge on any atom is -0.456 e. The lowest BCUT2D eigenvalue weighted by atomic mass is 9.97. The molecule has 0 radical (unpaired) electrons. The predicted molar refractivity (Wildman–Crippen MR) is 57.8 cm³/mol. The third-order valence-electron chi connectivity index (χ3n) is 3.04. The van der Waals surface area contributed by atoms with E-state index in [1.807, 2.05) is 0 Å². The first-order valence-electron chi connectivity index (χ1n) is 5.63. The van der Waals surface area contributed by atoms with E-state index in [0.29, 0.717) is 0 Å². The van der Waals surface area contributed by atoms with Gasteiger partial charge < -0.3 is 4.74 Å². The molecule has 1 saturated carbocycles. The van der Waals surface area contributed by atoms with Gasteiger partial charge in [0.05, 0.1) is 0 Å². The van der Waals surface area contributed by atoms with E-state index in [-0.39, 0.29) is 18.4 Å². The SMILES string of the molecule is C=C(C)C(=O)OC1CCC(F)C(F)C(C)C1F. The average molecular weight is 250 g/mol. The van der Waals surface area contributed by atoms with Gasteiger partial charge in [0, 0.05) is 11.5 Å². The van der Waals surface area contributed by atoms with Crippen molar-refractivity contribution in [3.63, 3.8) is 0 Å². The molecule has 5 unspecified atom stereocenters. The molecule has 1 aliphatic rings. The molecule has 0 aromatic rings. The molecule has 0 N–H and O–H groups in total. The third-order valence-corrected chi connectivity index (χ3v) is 3.04. The van der Waals surface area contributed by atoms with Crippen molar-refractivity contribution in [2.24, 2.45) is 5.92 Å². The number of rotatable bonds is 2. The molecule has 1 aliphatic carbocycles. The van der Waals surface area contributed by atoms with Crippen molar-refractivity contribution in [1.29, 1.82) is 0 Å². The van der Waals surface area contributed by atoms with Gasteiger partial charge in [0.25, 0.3) is 0 Å². The van der Waals surface area contributed by atoms with Gasteiger partial charge in [-0.15, -0.1) is 0 Å². The summed E-state index contributed by atoms with van der Waals surface area (Å²) >= 11 is 0. The number of alkyl halides is 3. The molecule has 0 aliphatic heterocycles. The molecule has 0 saturated heterocycles. The van der Waals surface area contributed by atoms with Gasteiger partial charge in [0.2, 0.25) is 0 Å². The Balaban J connectivity index is 2.73. The van der Waals surface area contributed by atoms with Crippen LogP contribution in [-0.2, 0) is 9.53 Å². The maximum atomic E-state index is 13.8. The van der Waals surface area contributed by atoms with Crippen LogP contribution in [0.4, 0.5) is 13.2 Å². The zero-order valence-corrected chi connectivity index (χ0v) is 9.96. The van der Waals surface area contributed by atoms with Crippen LogP contribution in [-0.4, -0.2) is 30.6 Å². The van der Waals surface area contributed by atoms with E-state index in [0.717, 1.165) is 0 Å². The number of halogens is 3.